The topological polar surface area (TPSA) is 81.5 Å². The maximum absolute atomic E-state index is 8.33. The Bertz CT molecular complexity index is 29.4. The number of rotatable bonds is 1. The molecule has 0 aliphatic rings. The zero-order valence-corrected chi connectivity index (χ0v) is 4.42. The fourth-order valence-electron chi connectivity index (χ4n) is 0. The lowest BCUT2D eigenvalue weighted by molar-refractivity contribution is 0.932. The number of nitrogens with two attached hydrogens (primary N) is 2. The predicted octanol–water partition coefficient (Wildman–Crippen LogP) is -0.0184. The molecule has 0 fully saturated rings. The summed E-state index contributed by atoms with van der Waals surface area (Å²) >= 11 is 0. The van der Waals surface area contributed by atoms with Crippen LogP contribution in [-0.2, 0) is 0 Å². The number of nitrogens with zero attached hydrogens (tertiary/aromatic N) is 1. The van der Waals surface area contributed by atoms with E-state index < -0.39 is 0 Å². The first kappa shape index (κ1) is 9.61. The Morgan fingerprint density at radius 1 is 1.71 bits per heavy atom. The second-order valence-corrected chi connectivity index (χ2v) is 0.894. The molecule has 0 spiro atoms. The number of hydrogen-bond acceptors (Lipinski definition) is 3. The molecule has 0 aromatic heterocycles. The molecule has 0 atom stereocenters. The van der Waals surface area contributed by atoms with Crippen molar-refractivity contribution in [1.29, 1.82) is 0 Å². The van der Waals surface area contributed by atoms with Crippen LogP contribution >= 0.6 is 0 Å². The highest BCUT2D eigenvalue weighted by Gasteiger charge is 1.55. The third-order valence-electron chi connectivity index (χ3n) is 0.289. The molecule has 0 unspecified atom stereocenters. The van der Waals surface area contributed by atoms with Crippen LogP contribution in [0.25, 0.3) is 0 Å². The molecule has 0 aliphatic heterocycles. The molecule has 0 heterocycles. The van der Waals surface area contributed by atoms with Crippen molar-refractivity contribution < 1.29 is 0 Å². The highest BCUT2D eigenvalue weighted by Crippen LogP contribution is 1.57. The molecule has 0 saturated carbocycles. The number of hydrogen-bond donors (Lipinski definition) is 2. The van der Waals surface area contributed by atoms with Crippen molar-refractivity contribution in [3.05, 3.63) is 4.91 Å². The summed E-state index contributed by atoms with van der Waals surface area (Å²) in [4.78, 5) is 8.33. The van der Waals surface area contributed by atoms with Crippen LogP contribution in [0.5, 0.6) is 0 Å². The van der Waals surface area contributed by atoms with Gasteiger partial charge in [0, 0.05) is 5.29 Å². The Hall–Kier alpha value is -0.640. The van der Waals surface area contributed by atoms with Crippen molar-refractivity contribution in [2.45, 2.75) is 13.3 Å². The first-order valence-corrected chi connectivity index (χ1v) is 2.06. The lowest BCUT2D eigenvalue weighted by Crippen LogP contribution is -1.93. The van der Waals surface area contributed by atoms with Gasteiger partial charge in [-0.05, 0) is 13.0 Å². The molecule has 4 heteroatoms. The summed E-state index contributed by atoms with van der Waals surface area (Å²) in [5.41, 5.74) is 5.03. The molecule has 4 N–H and O–H groups in total. The van der Waals surface area contributed by atoms with Crippen molar-refractivity contribution in [3.63, 3.8) is 0 Å². The van der Waals surface area contributed by atoms with Gasteiger partial charge in [0.05, 0.1) is 0 Å². The minimum absolute atomic E-state index is 0.819. The fraction of sp³-hybridized carbons (Fsp3) is 1.00. The molecule has 0 saturated heterocycles. The predicted molar refractivity (Wildman–Crippen MR) is 29.3 cm³/mol. The zero-order valence-electron chi connectivity index (χ0n) is 4.42. The van der Waals surface area contributed by atoms with E-state index in [1.54, 1.807) is 5.29 Å². The third-order valence-corrected chi connectivity index (χ3v) is 0.289. The Balaban J connectivity index is 0. The molecular formula is C3H11N3O. The van der Waals surface area contributed by atoms with Crippen LogP contribution in [0.2, 0.25) is 0 Å². The lowest BCUT2D eigenvalue weighted by atomic mass is 10.5. The van der Waals surface area contributed by atoms with E-state index in [0.717, 1.165) is 13.0 Å². The van der Waals surface area contributed by atoms with Crippen LogP contribution in [0.4, 0.5) is 0 Å². The van der Waals surface area contributed by atoms with E-state index in [1.807, 2.05) is 0 Å². The maximum Gasteiger partial charge on any atom is 0.0468 e. The van der Waals surface area contributed by atoms with Crippen molar-refractivity contribution in [2.75, 3.05) is 6.54 Å². The van der Waals surface area contributed by atoms with Gasteiger partial charge in [-0.25, -0.2) is 0 Å². The average molecular weight is 105 g/mol. The average Bonchev–Trinajstić information content (AvgIpc) is 1.69. The smallest absolute Gasteiger partial charge is 0.0468 e. The fourth-order valence-corrected chi connectivity index (χ4v) is 0. The molecule has 0 amide bonds. The van der Waals surface area contributed by atoms with Gasteiger partial charge in [-0.1, -0.05) is 6.92 Å². The van der Waals surface area contributed by atoms with Crippen molar-refractivity contribution in [3.8, 4) is 0 Å². The summed E-state index contributed by atoms with van der Waals surface area (Å²) in [6.45, 7) is 2.88. The number of nitroso groups, excluding NO2 is 1. The normalized spacial score (nSPS) is 6.00. The Morgan fingerprint density at radius 2 is 1.86 bits per heavy atom. The van der Waals surface area contributed by atoms with Gasteiger partial charge < -0.3 is 5.73 Å². The summed E-state index contributed by atoms with van der Waals surface area (Å²) < 4.78 is 0. The quantitative estimate of drug-likeness (QED) is 0.279. The SMILES string of the molecule is CCCN.NN=O. The van der Waals surface area contributed by atoms with Gasteiger partial charge in [-0.15, -0.1) is 4.91 Å². The van der Waals surface area contributed by atoms with Crippen molar-refractivity contribution in [1.82, 2.24) is 0 Å². The summed E-state index contributed by atoms with van der Waals surface area (Å²) in [7, 11) is 0. The van der Waals surface area contributed by atoms with Gasteiger partial charge >= 0.3 is 0 Å². The standard InChI is InChI=1S/C3H9N.H2N2O/c1-2-3-4;1-2-3/h2-4H2,1H3;(H2,1,3). The maximum atomic E-state index is 8.33. The molecule has 7 heavy (non-hydrogen) atoms. The minimum atomic E-state index is 0.819. The largest absolute Gasteiger partial charge is 0.330 e. The van der Waals surface area contributed by atoms with E-state index in [2.05, 4.69) is 12.8 Å². The Kier molecular flexibility index (Phi) is 25.1. The van der Waals surface area contributed by atoms with Gasteiger partial charge in [0.15, 0.2) is 0 Å². The molecule has 0 aromatic rings. The van der Waals surface area contributed by atoms with Crippen LogP contribution in [0.1, 0.15) is 13.3 Å². The highest BCUT2D eigenvalue weighted by atomic mass is 16.3. The lowest BCUT2D eigenvalue weighted by Gasteiger charge is -1.70. The van der Waals surface area contributed by atoms with E-state index in [9.17, 15) is 0 Å². The molecule has 0 aromatic carbocycles. The van der Waals surface area contributed by atoms with E-state index >= 15 is 0 Å². The summed E-state index contributed by atoms with van der Waals surface area (Å²) in [6, 6.07) is 0. The molecule has 44 valence electrons. The van der Waals surface area contributed by atoms with Gasteiger partial charge in [-0.2, -0.15) is 0 Å². The van der Waals surface area contributed by atoms with Crippen LogP contribution in [0, 0.1) is 4.91 Å². The Morgan fingerprint density at radius 3 is 1.86 bits per heavy atom. The van der Waals surface area contributed by atoms with Gasteiger partial charge in [0.2, 0.25) is 0 Å². The molecule has 0 aliphatic carbocycles. The molecule has 4 nitrogen and oxygen atoms in total. The molecule has 0 bridgehead atoms. The minimum Gasteiger partial charge on any atom is -0.330 e. The third kappa shape index (κ3) is 467. The Labute approximate surface area is 42.8 Å². The highest BCUT2D eigenvalue weighted by molar-refractivity contribution is 4.19. The summed E-state index contributed by atoms with van der Waals surface area (Å²) in [5, 5.41) is 1.75. The summed E-state index contributed by atoms with van der Waals surface area (Å²) in [5.74, 6) is 3.92. The summed E-state index contributed by atoms with van der Waals surface area (Å²) in [6.07, 6.45) is 1.10. The first-order valence-electron chi connectivity index (χ1n) is 2.06. The van der Waals surface area contributed by atoms with E-state index in [4.69, 9.17) is 10.6 Å². The second-order valence-electron chi connectivity index (χ2n) is 0.894. The van der Waals surface area contributed by atoms with Gasteiger partial charge in [-0.3, -0.25) is 5.84 Å². The van der Waals surface area contributed by atoms with Gasteiger partial charge in [0.25, 0.3) is 0 Å². The van der Waals surface area contributed by atoms with Crippen molar-refractivity contribution >= 4 is 0 Å². The monoisotopic (exact) mass is 105 g/mol. The van der Waals surface area contributed by atoms with E-state index in [0.29, 0.717) is 0 Å². The second kappa shape index (κ2) is 18.3. The van der Waals surface area contributed by atoms with Crippen LogP contribution in [-0.4, -0.2) is 6.54 Å². The van der Waals surface area contributed by atoms with Crippen molar-refractivity contribution in [2.24, 2.45) is 16.9 Å². The van der Waals surface area contributed by atoms with Gasteiger partial charge in [0.1, 0.15) is 0 Å². The van der Waals surface area contributed by atoms with Crippen LogP contribution in [0.3, 0.4) is 0 Å². The molecule has 0 rings (SSSR count). The zero-order chi connectivity index (χ0) is 6.12. The van der Waals surface area contributed by atoms with E-state index in [-0.39, 0.29) is 0 Å². The molecule has 0 radical (unpaired) electrons. The van der Waals surface area contributed by atoms with Crippen LogP contribution in [0.15, 0.2) is 5.29 Å². The first-order chi connectivity index (χ1) is 3.33. The van der Waals surface area contributed by atoms with Crippen LogP contribution < -0.4 is 11.6 Å². The van der Waals surface area contributed by atoms with E-state index in [1.165, 1.54) is 0 Å². The molecular weight excluding hydrogens is 94.1 g/mol.